The van der Waals surface area contributed by atoms with Crippen molar-refractivity contribution in [2.75, 3.05) is 4.90 Å². The van der Waals surface area contributed by atoms with Crippen LogP contribution >= 0.6 is 0 Å². The molecule has 2 aliphatic carbocycles. The SMILES string of the molecule is CC1(C)c2ccccc2-c2cc(N(c3ccc4c(c3)C(C)(C)c3ccccc3-4)c3ccc4c(c3)c3cc(-c5ccc6ccccc6c5)cc5c3n4-c3ccccc3C5(C)C)ccc21. The molecule has 13 rings (SSSR count). The fraction of sp³-hybridized carbons (Fsp3) is 0.148. The van der Waals surface area contributed by atoms with Gasteiger partial charge < -0.3 is 9.47 Å². The van der Waals surface area contributed by atoms with Gasteiger partial charge in [-0.1, -0.05) is 157 Å². The average molecular weight is 809 g/mol. The summed E-state index contributed by atoms with van der Waals surface area (Å²) in [6.45, 7) is 14.3. The van der Waals surface area contributed by atoms with Gasteiger partial charge in [0.1, 0.15) is 0 Å². The molecule has 0 amide bonds. The van der Waals surface area contributed by atoms with Crippen molar-refractivity contribution in [2.45, 2.75) is 57.8 Å². The molecule has 3 aliphatic rings. The Bertz CT molecular complexity index is 3610. The van der Waals surface area contributed by atoms with Crippen molar-refractivity contribution in [3.63, 3.8) is 0 Å². The lowest BCUT2D eigenvalue weighted by Crippen LogP contribution is -2.26. The van der Waals surface area contributed by atoms with Gasteiger partial charge in [-0.2, -0.15) is 0 Å². The van der Waals surface area contributed by atoms with Crippen LogP contribution in [0.4, 0.5) is 17.1 Å². The van der Waals surface area contributed by atoms with Gasteiger partial charge in [-0.25, -0.2) is 0 Å². The molecule has 2 heteroatoms. The van der Waals surface area contributed by atoms with E-state index in [2.05, 4.69) is 233 Å². The van der Waals surface area contributed by atoms with Gasteiger partial charge in [-0.3, -0.25) is 0 Å². The summed E-state index contributed by atoms with van der Waals surface area (Å²) in [6.07, 6.45) is 0. The van der Waals surface area contributed by atoms with Crippen LogP contribution in [0.1, 0.15) is 74.9 Å². The Morgan fingerprint density at radius 2 is 0.921 bits per heavy atom. The summed E-state index contributed by atoms with van der Waals surface area (Å²) in [5.74, 6) is 0. The topological polar surface area (TPSA) is 8.17 Å². The zero-order chi connectivity index (χ0) is 42.6. The first-order chi connectivity index (χ1) is 30.5. The Morgan fingerprint density at radius 1 is 0.349 bits per heavy atom. The number of rotatable bonds is 4. The third kappa shape index (κ3) is 4.90. The van der Waals surface area contributed by atoms with E-state index in [-0.39, 0.29) is 16.2 Å². The monoisotopic (exact) mass is 808 g/mol. The number of aromatic nitrogens is 1. The van der Waals surface area contributed by atoms with E-state index in [1.165, 1.54) is 105 Å². The summed E-state index contributed by atoms with van der Waals surface area (Å²) in [7, 11) is 0. The Balaban J connectivity index is 1.08. The zero-order valence-corrected chi connectivity index (χ0v) is 36.7. The lowest BCUT2D eigenvalue weighted by Gasteiger charge is -2.35. The van der Waals surface area contributed by atoms with Crippen molar-refractivity contribution < 1.29 is 0 Å². The van der Waals surface area contributed by atoms with Crippen molar-refractivity contribution in [3.05, 3.63) is 215 Å². The third-order valence-electron chi connectivity index (χ3n) is 15.3. The van der Waals surface area contributed by atoms with Gasteiger partial charge in [-0.15, -0.1) is 0 Å². The van der Waals surface area contributed by atoms with Crippen molar-refractivity contribution in [2.24, 2.45) is 0 Å². The Hall–Kier alpha value is -7.16. The van der Waals surface area contributed by atoms with Crippen molar-refractivity contribution in [1.29, 1.82) is 0 Å². The minimum atomic E-state index is -0.204. The number of fused-ring (bicyclic) bond motifs is 12. The van der Waals surface area contributed by atoms with Gasteiger partial charge >= 0.3 is 0 Å². The summed E-state index contributed by atoms with van der Waals surface area (Å²) in [5, 5.41) is 5.06. The van der Waals surface area contributed by atoms with Crippen LogP contribution in [-0.4, -0.2) is 4.57 Å². The minimum Gasteiger partial charge on any atom is -0.310 e. The Kier molecular flexibility index (Phi) is 7.23. The maximum absolute atomic E-state index is 2.54. The highest BCUT2D eigenvalue weighted by Crippen LogP contribution is 2.54. The van der Waals surface area contributed by atoms with Crippen LogP contribution in [0.15, 0.2) is 182 Å². The Morgan fingerprint density at radius 3 is 1.71 bits per heavy atom. The number of anilines is 3. The number of hydrogen-bond acceptors (Lipinski definition) is 1. The summed E-state index contributed by atoms with van der Waals surface area (Å²) in [5.41, 5.74) is 22.9. The van der Waals surface area contributed by atoms with E-state index < -0.39 is 0 Å². The van der Waals surface area contributed by atoms with E-state index >= 15 is 0 Å². The zero-order valence-electron chi connectivity index (χ0n) is 36.7. The molecule has 0 spiro atoms. The molecule has 1 aromatic heterocycles. The molecular formula is C61H48N2. The molecule has 0 saturated carbocycles. The largest absolute Gasteiger partial charge is 0.310 e. The van der Waals surface area contributed by atoms with Gasteiger partial charge in [-0.05, 0) is 144 Å². The van der Waals surface area contributed by atoms with E-state index in [4.69, 9.17) is 0 Å². The van der Waals surface area contributed by atoms with Crippen LogP contribution in [0.3, 0.4) is 0 Å². The van der Waals surface area contributed by atoms with E-state index in [0.29, 0.717) is 0 Å². The first kappa shape index (κ1) is 36.5. The number of para-hydroxylation sites is 1. The van der Waals surface area contributed by atoms with Crippen LogP contribution in [0, 0.1) is 0 Å². The first-order valence-electron chi connectivity index (χ1n) is 22.5. The van der Waals surface area contributed by atoms with Crippen LogP contribution in [0.5, 0.6) is 0 Å². The highest BCUT2D eigenvalue weighted by atomic mass is 15.1. The molecule has 0 N–H and O–H groups in total. The molecule has 0 radical (unpaired) electrons. The minimum absolute atomic E-state index is 0.0732. The van der Waals surface area contributed by atoms with E-state index in [1.807, 2.05) is 0 Å². The lowest BCUT2D eigenvalue weighted by atomic mass is 9.74. The normalized spacial score (nSPS) is 15.5. The molecule has 63 heavy (non-hydrogen) atoms. The molecule has 10 aromatic rings. The van der Waals surface area contributed by atoms with Crippen molar-refractivity contribution in [3.8, 4) is 39.1 Å². The van der Waals surface area contributed by atoms with Crippen LogP contribution in [-0.2, 0) is 16.2 Å². The standard InChI is InChI=1S/C61H48N2/c1-59(2)51-20-12-10-18-45(51)47-34-41(26-29-52(47)59)62(43-25-28-46-44-17-9-11-19-50(44)60(3,4)54(46)36-43)42-27-30-56-48(35-42)49-32-40(39-24-23-37-15-7-8-16-38(37)31-39)33-55-58(49)63(56)57-22-14-13-21-53(57)61(55,5)6/h7-36H,1-6H3. The van der Waals surface area contributed by atoms with Crippen LogP contribution in [0.25, 0.3) is 71.6 Å². The lowest BCUT2D eigenvalue weighted by molar-refractivity contribution is 0.630. The predicted molar refractivity (Wildman–Crippen MR) is 266 cm³/mol. The quantitative estimate of drug-likeness (QED) is 0.172. The molecule has 9 aromatic carbocycles. The smallest absolute Gasteiger partial charge is 0.0582 e. The molecule has 0 atom stereocenters. The maximum Gasteiger partial charge on any atom is 0.0582 e. The predicted octanol–water partition coefficient (Wildman–Crippen LogP) is 16.3. The molecule has 2 nitrogen and oxygen atoms in total. The second-order valence-electron chi connectivity index (χ2n) is 19.8. The van der Waals surface area contributed by atoms with Gasteiger partial charge in [0, 0.05) is 44.1 Å². The van der Waals surface area contributed by atoms with E-state index in [1.54, 1.807) is 0 Å². The number of nitrogens with zero attached hydrogens (tertiary/aromatic N) is 2. The van der Waals surface area contributed by atoms with Crippen molar-refractivity contribution in [1.82, 2.24) is 4.57 Å². The summed E-state index contributed by atoms with van der Waals surface area (Å²) >= 11 is 0. The number of benzene rings is 9. The molecule has 2 heterocycles. The van der Waals surface area contributed by atoms with E-state index in [9.17, 15) is 0 Å². The highest BCUT2D eigenvalue weighted by Gasteiger charge is 2.39. The molecule has 0 bridgehead atoms. The Labute approximate surface area is 369 Å². The van der Waals surface area contributed by atoms with Crippen molar-refractivity contribution >= 4 is 49.6 Å². The molecule has 1 aliphatic heterocycles. The summed E-state index contributed by atoms with van der Waals surface area (Å²) in [4.78, 5) is 2.52. The first-order valence-corrected chi connectivity index (χ1v) is 22.5. The third-order valence-corrected chi connectivity index (χ3v) is 15.3. The van der Waals surface area contributed by atoms with Gasteiger partial charge in [0.2, 0.25) is 0 Å². The van der Waals surface area contributed by atoms with Crippen LogP contribution < -0.4 is 4.90 Å². The molecule has 302 valence electrons. The summed E-state index contributed by atoms with van der Waals surface area (Å²) in [6, 6.07) is 69.1. The van der Waals surface area contributed by atoms with Gasteiger partial charge in [0.05, 0.1) is 16.7 Å². The second kappa shape index (κ2) is 12.5. The van der Waals surface area contributed by atoms with Gasteiger partial charge in [0.25, 0.3) is 0 Å². The van der Waals surface area contributed by atoms with E-state index in [0.717, 1.165) is 17.1 Å². The summed E-state index contributed by atoms with van der Waals surface area (Å²) < 4.78 is 2.54. The second-order valence-corrected chi connectivity index (χ2v) is 19.8. The fourth-order valence-electron chi connectivity index (χ4n) is 12.0. The van der Waals surface area contributed by atoms with Crippen LogP contribution in [0.2, 0.25) is 0 Å². The number of hydrogen-bond donors (Lipinski definition) is 0. The van der Waals surface area contributed by atoms with Gasteiger partial charge in [0.15, 0.2) is 0 Å². The highest BCUT2D eigenvalue weighted by molar-refractivity contribution is 6.14. The fourth-order valence-corrected chi connectivity index (χ4v) is 12.0. The molecule has 0 saturated heterocycles. The molecular weight excluding hydrogens is 761 g/mol. The maximum atomic E-state index is 2.54. The average Bonchev–Trinajstić information content (AvgIpc) is 3.84. The molecule has 0 unspecified atom stereocenters. The molecule has 0 fully saturated rings.